The lowest BCUT2D eigenvalue weighted by molar-refractivity contribution is -0.121. The molecule has 106 valence electrons. The first-order chi connectivity index (χ1) is 8.23. The zero-order valence-electron chi connectivity index (χ0n) is 10.6. The van der Waals surface area contributed by atoms with E-state index in [-0.39, 0.29) is 24.9 Å². The molecule has 7 heteroatoms. The SMILES string of the molecule is C=C[C@@H](NC(=O)C(Cl)(Cl)Cl)[C@H](C)[C@@H](C)OCOC. The summed E-state index contributed by atoms with van der Waals surface area (Å²) < 4.78 is 8.21. The summed E-state index contributed by atoms with van der Waals surface area (Å²) in [6, 6.07) is -0.361. The Hall–Kier alpha value is -0.0000000000000000416. The standard InChI is InChI=1S/C11H18Cl3NO3/c1-5-9(15-10(16)11(12,13)14)7(2)8(3)18-6-17-4/h5,7-9H,1,6H2,2-4H3,(H,15,16)/t7-,8-,9-/m1/s1. The van der Waals surface area contributed by atoms with Gasteiger partial charge in [0, 0.05) is 13.0 Å². The van der Waals surface area contributed by atoms with Gasteiger partial charge in [0.2, 0.25) is 0 Å². The number of ether oxygens (including phenoxy) is 2. The zero-order chi connectivity index (χ0) is 14.3. The molecule has 3 atom stereocenters. The normalized spacial score (nSPS) is 16.8. The lowest BCUT2D eigenvalue weighted by Gasteiger charge is -2.28. The van der Waals surface area contributed by atoms with Crippen LogP contribution >= 0.6 is 34.8 Å². The topological polar surface area (TPSA) is 47.6 Å². The van der Waals surface area contributed by atoms with Crippen LogP contribution in [0.1, 0.15) is 13.8 Å². The summed E-state index contributed by atoms with van der Waals surface area (Å²) in [4.78, 5) is 11.6. The Morgan fingerprint density at radius 1 is 1.44 bits per heavy atom. The number of alkyl halides is 3. The lowest BCUT2D eigenvalue weighted by atomic mass is 9.96. The molecule has 0 fully saturated rings. The van der Waals surface area contributed by atoms with Crippen molar-refractivity contribution in [3.63, 3.8) is 0 Å². The third-order valence-electron chi connectivity index (χ3n) is 2.56. The number of halogens is 3. The monoisotopic (exact) mass is 317 g/mol. The fourth-order valence-corrected chi connectivity index (χ4v) is 1.42. The van der Waals surface area contributed by atoms with Crippen LogP contribution in [0.4, 0.5) is 0 Å². The van der Waals surface area contributed by atoms with E-state index in [1.165, 1.54) is 7.11 Å². The second-order valence-corrected chi connectivity index (χ2v) is 6.15. The minimum absolute atomic E-state index is 0.0473. The molecule has 0 aromatic rings. The van der Waals surface area contributed by atoms with Gasteiger partial charge in [0.1, 0.15) is 6.79 Å². The van der Waals surface area contributed by atoms with Gasteiger partial charge in [0.05, 0.1) is 12.1 Å². The minimum Gasteiger partial charge on any atom is -0.359 e. The first-order valence-electron chi connectivity index (χ1n) is 5.34. The van der Waals surface area contributed by atoms with Gasteiger partial charge in [0.25, 0.3) is 9.70 Å². The molecule has 0 radical (unpaired) electrons. The molecule has 0 aliphatic heterocycles. The zero-order valence-corrected chi connectivity index (χ0v) is 12.9. The molecule has 4 nitrogen and oxygen atoms in total. The molecular formula is C11H18Cl3NO3. The average molecular weight is 319 g/mol. The van der Waals surface area contributed by atoms with Crippen LogP contribution in [0.2, 0.25) is 0 Å². The van der Waals surface area contributed by atoms with E-state index < -0.39 is 9.70 Å². The van der Waals surface area contributed by atoms with E-state index in [4.69, 9.17) is 44.3 Å². The fraction of sp³-hybridized carbons (Fsp3) is 0.727. The van der Waals surface area contributed by atoms with Gasteiger partial charge in [-0.2, -0.15) is 0 Å². The van der Waals surface area contributed by atoms with Crippen molar-refractivity contribution in [1.82, 2.24) is 5.32 Å². The van der Waals surface area contributed by atoms with Gasteiger partial charge in [-0.05, 0) is 6.92 Å². The van der Waals surface area contributed by atoms with Gasteiger partial charge in [-0.1, -0.05) is 47.8 Å². The van der Waals surface area contributed by atoms with Gasteiger partial charge >= 0.3 is 0 Å². The molecule has 0 unspecified atom stereocenters. The van der Waals surface area contributed by atoms with Crippen molar-refractivity contribution in [2.45, 2.75) is 29.8 Å². The number of rotatable bonds is 7. The molecule has 0 aromatic heterocycles. The highest BCUT2D eigenvalue weighted by molar-refractivity contribution is 6.76. The summed E-state index contributed by atoms with van der Waals surface area (Å²) in [6.45, 7) is 7.58. The summed E-state index contributed by atoms with van der Waals surface area (Å²) in [5, 5.41) is 2.59. The quantitative estimate of drug-likeness (QED) is 0.446. The molecule has 1 amide bonds. The average Bonchev–Trinajstić information content (AvgIpc) is 2.30. The molecule has 0 saturated carbocycles. The largest absolute Gasteiger partial charge is 0.359 e. The van der Waals surface area contributed by atoms with E-state index in [2.05, 4.69) is 11.9 Å². The Morgan fingerprint density at radius 3 is 2.39 bits per heavy atom. The Balaban J connectivity index is 4.49. The number of hydrogen-bond acceptors (Lipinski definition) is 3. The Labute approximate surface area is 123 Å². The number of carbonyl (C=O) groups excluding carboxylic acids is 1. The Kier molecular flexibility index (Phi) is 8.23. The van der Waals surface area contributed by atoms with Gasteiger partial charge < -0.3 is 14.8 Å². The van der Waals surface area contributed by atoms with Crippen LogP contribution in [0.25, 0.3) is 0 Å². The van der Waals surface area contributed by atoms with Gasteiger partial charge in [0.15, 0.2) is 0 Å². The summed E-state index contributed by atoms with van der Waals surface area (Å²) in [5.74, 6) is -0.739. The van der Waals surface area contributed by atoms with E-state index >= 15 is 0 Å². The van der Waals surface area contributed by atoms with Gasteiger partial charge in [-0.3, -0.25) is 4.79 Å². The second-order valence-electron chi connectivity index (χ2n) is 3.87. The molecule has 0 aromatic carbocycles. The predicted octanol–water partition coefficient (Wildman–Crippen LogP) is 2.67. The van der Waals surface area contributed by atoms with Crippen LogP contribution in [0.3, 0.4) is 0 Å². The number of hydrogen-bond donors (Lipinski definition) is 1. The number of amides is 1. The van der Waals surface area contributed by atoms with Crippen LogP contribution in [-0.2, 0) is 14.3 Å². The van der Waals surface area contributed by atoms with Crippen molar-refractivity contribution in [2.24, 2.45) is 5.92 Å². The van der Waals surface area contributed by atoms with Crippen molar-refractivity contribution in [3.8, 4) is 0 Å². The van der Waals surface area contributed by atoms with Crippen LogP contribution in [0, 0.1) is 5.92 Å². The van der Waals surface area contributed by atoms with Crippen LogP contribution < -0.4 is 5.32 Å². The number of carbonyl (C=O) groups is 1. The maximum absolute atomic E-state index is 11.6. The third-order valence-corrected chi connectivity index (χ3v) is 3.08. The van der Waals surface area contributed by atoms with Crippen molar-refractivity contribution in [2.75, 3.05) is 13.9 Å². The molecule has 0 aliphatic carbocycles. The molecule has 0 bridgehead atoms. The second kappa shape index (κ2) is 8.23. The van der Waals surface area contributed by atoms with Crippen molar-refractivity contribution in [3.05, 3.63) is 12.7 Å². The summed E-state index contributed by atoms with van der Waals surface area (Å²) in [7, 11) is 1.53. The molecular weight excluding hydrogens is 300 g/mol. The third kappa shape index (κ3) is 6.25. The molecule has 0 aliphatic rings. The molecule has 0 saturated heterocycles. The molecule has 18 heavy (non-hydrogen) atoms. The van der Waals surface area contributed by atoms with Gasteiger partial charge in [-0.15, -0.1) is 6.58 Å². The first-order valence-corrected chi connectivity index (χ1v) is 6.48. The molecule has 0 rings (SSSR count). The smallest absolute Gasteiger partial charge is 0.272 e. The van der Waals surface area contributed by atoms with E-state index in [1.807, 2.05) is 13.8 Å². The van der Waals surface area contributed by atoms with Crippen LogP contribution in [-0.4, -0.2) is 35.7 Å². The van der Waals surface area contributed by atoms with Crippen LogP contribution in [0.5, 0.6) is 0 Å². The Morgan fingerprint density at radius 2 is 2.00 bits per heavy atom. The van der Waals surface area contributed by atoms with Crippen molar-refractivity contribution >= 4 is 40.7 Å². The van der Waals surface area contributed by atoms with E-state index in [1.54, 1.807) is 6.08 Å². The lowest BCUT2D eigenvalue weighted by Crippen LogP contribution is -2.46. The number of methoxy groups -OCH3 is 1. The molecule has 0 heterocycles. The number of nitrogens with one attached hydrogen (secondary N) is 1. The Bertz CT molecular complexity index is 281. The highest BCUT2D eigenvalue weighted by atomic mass is 35.6. The maximum Gasteiger partial charge on any atom is 0.272 e. The van der Waals surface area contributed by atoms with Crippen molar-refractivity contribution in [1.29, 1.82) is 0 Å². The van der Waals surface area contributed by atoms with E-state index in [0.29, 0.717) is 0 Å². The highest BCUT2D eigenvalue weighted by Gasteiger charge is 2.33. The van der Waals surface area contributed by atoms with Crippen LogP contribution in [0.15, 0.2) is 12.7 Å². The molecule has 1 N–H and O–H groups in total. The van der Waals surface area contributed by atoms with E-state index in [9.17, 15) is 4.79 Å². The maximum atomic E-state index is 11.6. The first kappa shape index (κ1) is 18.0. The fourth-order valence-electron chi connectivity index (χ4n) is 1.26. The highest BCUT2D eigenvalue weighted by Crippen LogP contribution is 2.26. The predicted molar refractivity (Wildman–Crippen MR) is 74.0 cm³/mol. The van der Waals surface area contributed by atoms with Gasteiger partial charge in [-0.25, -0.2) is 0 Å². The van der Waals surface area contributed by atoms with Crippen molar-refractivity contribution < 1.29 is 14.3 Å². The minimum atomic E-state index is -1.99. The van der Waals surface area contributed by atoms with E-state index in [0.717, 1.165) is 0 Å². The molecule has 0 spiro atoms. The summed E-state index contributed by atoms with van der Waals surface area (Å²) in [5.41, 5.74) is 0. The summed E-state index contributed by atoms with van der Waals surface area (Å²) in [6.07, 6.45) is 1.43. The summed E-state index contributed by atoms with van der Waals surface area (Å²) >= 11 is 16.5.